The van der Waals surface area contributed by atoms with E-state index in [9.17, 15) is 5.11 Å². The summed E-state index contributed by atoms with van der Waals surface area (Å²) in [5.41, 5.74) is 6.54. The van der Waals surface area contributed by atoms with Crippen molar-refractivity contribution in [3.63, 3.8) is 0 Å². The molecule has 1 aromatic rings. The van der Waals surface area contributed by atoms with Gasteiger partial charge in [0.1, 0.15) is 6.10 Å². The highest BCUT2D eigenvalue weighted by Gasteiger charge is 2.40. The summed E-state index contributed by atoms with van der Waals surface area (Å²) in [6.07, 6.45) is 5.62. The second-order valence-corrected chi connectivity index (χ2v) is 5.09. The SMILES string of the molecule is CCCn1cncc1C(O)C1(CN)CCOCC1. The van der Waals surface area contributed by atoms with Gasteiger partial charge in [-0.15, -0.1) is 0 Å². The number of aliphatic hydroxyl groups is 1. The molecule has 1 unspecified atom stereocenters. The molecule has 0 spiro atoms. The molecule has 0 saturated carbocycles. The van der Waals surface area contributed by atoms with Gasteiger partial charge in [-0.05, 0) is 19.3 Å². The Hall–Kier alpha value is -0.910. The van der Waals surface area contributed by atoms with Crippen molar-refractivity contribution in [1.29, 1.82) is 0 Å². The van der Waals surface area contributed by atoms with E-state index in [2.05, 4.69) is 11.9 Å². The van der Waals surface area contributed by atoms with Crippen LogP contribution in [0.25, 0.3) is 0 Å². The third-order valence-electron chi connectivity index (χ3n) is 3.96. The monoisotopic (exact) mass is 253 g/mol. The van der Waals surface area contributed by atoms with Crippen LogP contribution in [0.5, 0.6) is 0 Å². The summed E-state index contributed by atoms with van der Waals surface area (Å²) in [6.45, 7) is 4.83. The molecular formula is C13H23N3O2. The van der Waals surface area contributed by atoms with Gasteiger partial charge in [-0.1, -0.05) is 6.92 Å². The molecule has 5 heteroatoms. The molecule has 0 aliphatic carbocycles. The van der Waals surface area contributed by atoms with Crippen molar-refractivity contribution in [3.8, 4) is 0 Å². The molecule has 1 atom stereocenters. The summed E-state index contributed by atoms with van der Waals surface area (Å²) in [6, 6.07) is 0. The molecule has 1 aliphatic heterocycles. The maximum absolute atomic E-state index is 10.7. The van der Waals surface area contributed by atoms with Crippen LogP contribution < -0.4 is 5.73 Å². The number of imidazole rings is 1. The maximum atomic E-state index is 10.7. The van der Waals surface area contributed by atoms with Crippen LogP contribution >= 0.6 is 0 Å². The summed E-state index contributed by atoms with van der Waals surface area (Å²) in [4.78, 5) is 4.15. The quantitative estimate of drug-likeness (QED) is 0.823. The topological polar surface area (TPSA) is 73.3 Å². The van der Waals surface area contributed by atoms with E-state index in [-0.39, 0.29) is 5.41 Å². The van der Waals surface area contributed by atoms with Crippen LogP contribution in [0.15, 0.2) is 12.5 Å². The van der Waals surface area contributed by atoms with Crippen molar-refractivity contribution >= 4 is 0 Å². The average molecular weight is 253 g/mol. The van der Waals surface area contributed by atoms with Gasteiger partial charge >= 0.3 is 0 Å². The van der Waals surface area contributed by atoms with E-state index >= 15 is 0 Å². The fraction of sp³-hybridized carbons (Fsp3) is 0.769. The van der Waals surface area contributed by atoms with Gasteiger partial charge in [-0.25, -0.2) is 4.98 Å². The molecule has 1 aliphatic rings. The van der Waals surface area contributed by atoms with E-state index in [1.54, 1.807) is 12.5 Å². The smallest absolute Gasteiger partial charge is 0.103 e. The molecule has 1 saturated heterocycles. The lowest BCUT2D eigenvalue weighted by molar-refractivity contribution is -0.0610. The molecule has 1 fully saturated rings. The number of hydrogen-bond acceptors (Lipinski definition) is 4. The van der Waals surface area contributed by atoms with Crippen LogP contribution in [0.4, 0.5) is 0 Å². The number of nitrogens with zero attached hydrogens (tertiary/aromatic N) is 2. The van der Waals surface area contributed by atoms with Crippen molar-refractivity contribution in [2.75, 3.05) is 19.8 Å². The highest BCUT2D eigenvalue weighted by molar-refractivity contribution is 5.09. The summed E-state index contributed by atoms with van der Waals surface area (Å²) < 4.78 is 7.41. The van der Waals surface area contributed by atoms with Crippen LogP contribution in [-0.2, 0) is 11.3 Å². The first-order valence-electron chi connectivity index (χ1n) is 6.69. The number of hydrogen-bond donors (Lipinski definition) is 2. The Morgan fingerprint density at radius 3 is 2.89 bits per heavy atom. The van der Waals surface area contributed by atoms with Gasteiger partial charge in [-0.3, -0.25) is 0 Å². The van der Waals surface area contributed by atoms with Crippen molar-refractivity contribution in [2.24, 2.45) is 11.1 Å². The molecule has 0 radical (unpaired) electrons. The minimum atomic E-state index is -0.555. The molecule has 0 amide bonds. The van der Waals surface area contributed by atoms with Crippen molar-refractivity contribution in [2.45, 2.75) is 38.8 Å². The van der Waals surface area contributed by atoms with Gasteiger partial charge in [0.05, 0.1) is 18.2 Å². The zero-order chi connectivity index (χ0) is 13.0. The fourth-order valence-corrected chi connectivity index (χ4v) is 2.67. The molecule has 2 heterocycles. The summed E-state index contributed by atoms with van der Waals surface area (Å²) in [5.74, 6) is 0. The number of nitrogens with two attached hydrogens (primary N) is 1. The number of aromatic nitrogens is 2. The second kappa shape index (κ2) is 5.82. The van der Waals surface area contributed by atoms with E-state index in [1.165, 1.54) is 0 Å². The molecule has 3 N–H and O–H groups in total. The third-order valence-corrected chi connectivity index (χ3v) is 3.96. The van der Waals surface area contributed by atoms with Gasteiger partial charge in [0.2, 0.25) is 0 Å². The summed E-state index contributed by atoms with van der Waals surface area (Å²) in [7, 11) is 0. The third kappa shape index (κ3) is 2.43. The van der Waals surface area contributed by atoms with Crippen LogP contribution in [-0.4, -0.2) is 34.4 Å². The Bertz CT molecular complexity index is 372. The fourth-order valence-electron chi connectivity index (χ4n) is 2.67. The number of aliphatic hydroxyl groups excluding tert-OH is 1. The molecular weight excluding hydrogens is 230 g/mol. The molecule has 0 aromatic carbocycles. The zero-order valence-corrected chi connectivity index (χ0v) is 11.0. The lowest BCUT2D eigenvalue weighted by atomic mass is 9.74. The first kappa shape index (κ1) is 13.5. The lowest BCUT2D eigenvalue weighted by Gasteiger charge is -2.40. The van der Waals surface area contributed by atoms with E-state index in [0.29, 0.717) is 19.8 Å². The minimum Gasteiger partial charge on any atom is -0.386 e. The number of rotatable bonds is 5. The van der Waals surface area contributed by atoms with Crippen molar-refractivity contribution < 1.29 is 9.84 Å². The van der Waals surface area contributed by atoms with Gasteiger partial charge in [0.25, 0.3) is 0 Å². The van der Waals surface area contributed by atoms with Crippen molar-refractivity contribution in [3.05, 3.63) is 18.2 Å². The highest BCUT2D eigenvalue weighted by atomic mass is 16.5. The summed E-state index contributed by atoms with van der Waals surface area (Å²) >= 11 is 0. The maximum Gasteiger partial charge on any atom is 0.103 e. The van der Waals surface area contributed by atoms with E-state index in [1.807, 2.05) is 4.57 Å². The normalized spacial score (nSPS) is 20.8. The van der Waals surface area contributed by atoms with Gasteiger partial charge in [0.15, 0.2) is 0 Å². The Kier molecular flexibility index (Phi) is 4.37. The largest absolute Gasteiger partial charge is 0.386 e. The molecule has 102 valence electrons. The van der Waals surface area contributed by atoms with Crippen LogP contribution in [0, 0.1) is 5.41 Å². The standard InChI is InChI=1S/C13H23N3O2/c1-2-5-16-10-15-8-11(16)12(17)13(9-14)3-6-18-7-4-13/h8,10,12,17H,2-7,9,14H2,1H3. The predicted octanol–water partition coefficient (Wildman–Crippen LogP) is 1.08. The predicted molar refractivity (Wildman–Crippen MR) is 69.0 cm³/mol. The van der Waals surface area contributed by atoms with E-state index < -0.39 is 6.10 Å². The molecule has 5 nitrogen and oxygen atoms in total. The average Bonchev–Trinajstić information content (AvgIpc) is 2.87. The minimum absolute atomic E-state index is 0.260. The first-order chi connectivity index (χ1) is 8.73. The van der Waals surface area contributed by atoms with E-state index in [0.717, 1.165) is 31.5 Å². The Morgan fingerprint density at radius 2 is 2.28 bits per heavy atom. The highest BCUT2D eigenvalue weighted by Crippen LogP contribution is 2.41. The number of ether oxygens (including phenoxy) is 1. The van der Waals surface area contributed by atoms with Gasteiger partial charge in [-0.2, -0.15) is 0 Å². The summed E-state index contributed by atoms with van der Waals surface area (Å²) in [5, 5.41) is 10.7. The molecule has 2 rings (SSSR count). The molecule has 18 heavy (non-hydrogen) atoms. The Labute approximate surface area is 108 Å². The van der Waals surface area contributed by atoms with E-state index in [4.69, 9.17) is 10.5 Å². The van der Waals surface area contributed by atoms with Crippen molar-refractivity contribution in [1.82, 2.24) is 9.55 Å². The second-order valence-electron chi connectivity index (χ2n) is 5.09. The Morgan fingerprint density at radius 1 is 1.56 bits per heavy atom. The number of aryl methyl sites for hydroxylation is 1. The van der Waals surface area contributed by atoms with Crippen LogP contribution in [0.1, 0.15) is 38.0 Å². The van der Waals surface area contributed by atoms with Gasteiger partial charge < -0.3 is 20.1 Å². The van der Waals surface area contributed by atoms with Gasteiger partial charge in [0, 0.05) is 31.7 Å². The van der Waals surface area contributed by atoms with Crippen LogP contribution in [0.2, 0.25) is 0 Å². The first-order valence-corrected chi connectivity index (χ1v) is 6.69. The lowest BCUT2D eigenvalue weighted by Crippen LogP contribution is -2.42. The molecule has 1 aromatic heterocycles. The zero-order valence-electron chi connectivity index (χ0n) is 11.0. The Balaban J connectivity index is 2.22. The molecule has 0 bridgehead atoms. The van der Waals surface area contributed by atoms with Crippen LogP contribution in [0.3, 0.4) is 0 Å².